The number of imidazole rings is 1. The molecule has 0 aliphatic carbocycles. The van der Waals surface area contributed by atoms with E-state index in [0.29, 0.717) is 5.56 Å². The third kappa shape index (κ3) is 3.68. The van der Waals surface area contributed by atoms with Gasteiger partial charge in [-0.15, -0.1) is 0 Å². The van der Waals surface area contributed by atoms with E-state index in [1.165, 1.54) is 0 Å². The molecule has 194 valence electrons. The van der Waals surface area contributed by atoms with Crippen LogP contribution in [0.15, 0.2) is 139 Å². The van der Waals surface area contributed by atoms with E-state index < -0.39 is 18.1 Å². The van der Waals surface area contributed by atoms with Gasteiger partial charge in [-0.1, -0.05) is 122 Å². The smallest absolute Gasteiger partial charge is 0.114 e. The van der Waals surface area contributed by atoms with Crippen molar-refractivity contribution in [3.05, 3.63) is 145 Å². The van der Waals surface area contributed by atoms with Crippen molar-refractivity contribution in [1.82, 2.24) is 9.55 Å². The summed E-state index contributed by atoms with van der Waals surface area (Å²) in [7, 11) is 0. The van der Waals surface area contributed by atoms with Crippen molar-refractivity contribution in [3.8, 4) is 27.9 Å². The lowest BCUT2D eigenvalue weighted by Crippen LogP contribution is -2.03. The lowest BCUT2D eigenvalue weighted by molar-refractivity contribution is 0.909. The standard InChI is InChI=1S/C39H28N2/c1-2-37-40-34-20-10-12-22-36(34)41(37)35-21-11-9-19-33(35)39-31-17-7-5-15-29(31)38(30-16-6-8-18-32(30)39)28-24-23-26-13-3-4-14-27(26)25-28/h3-25H,2H2,1H3/i3D,4D,13D,14D,23D,24D,25D. The summed E-state index contributed by atoms with van der Waals surface area (Å²) in [6.45, 7) is 2.10. The molecule has 0 aliphatic rings. The topological polar surface area (TPSA) is 17.8 Å². The Morgan fingerprint density at radius 1 is 0.634 bits per heavy atom. The summed E-state index contributed by atoms with van der Waals surface area (Å²) < 4.78 is 63.4. The van der Waals surface area contributed by atoms with E-state index in [-0.39, 0.29) is 40.5 Å². The predicted molar refractivity (Wildman–Crippen MR) is 174 cm³/mol. The van der Waals surface area contributed by atoms with Crippen molar-refractivity contribution >= 4 is 43.4 Å². The SMILES string of the molecule is [2H]c1c([2H])c([2H])c2c([2H])c(-c3c4ccccc4c(-c4ccccc4-n4c(CC)nc5ccccc54)c4ccccc34)c([2H])c([2H])c2c1[2H]. The molecular weight excluding hydrogens is 496 g/mol. The average molecular weight is 532 g/mol. The van der Waals surface area contributed by atoms with Gasteiger partial charge in [0.25, 0.3) is 0 Å². The van der Waals surface area contributed by atoms with E-state index >= 15 is 0 Å². The van der Waals surface area contributed by atoms with Gasteiger partial charge < -0.3 is 0 Å². The van der Waals surface area contributed by atoms with Crippen LogP contribution < -0.4 is 0 Å². The molecule has 0 aliphatic heterocycles. The molecule has 2 nitrogen and oxygen atoms in total. The van der Waals surface area contributed by atoms with Gasteiger partial charge in [0.2, 0.25) is 0 Å². The molecule has 7 aromatic carbocycles. The van der Waals surface area contributed by atoms with Gasteiger partial charge in [-0.2, -0.15) is 0 Å². The first-order valence-corrected chi connectivity index (χ1v) is 13.7. The molecule has 0 bridgehead atoms. The average Bonchev–Trinajstić information content (AvgIpc) is 3.49. The van der Waals surface area contributed by atoms with Crippen LogP contribution in [-0.2, 0) is 6.42 Å². The van der Waals surface area contributed by atoms with Crippen LogP contribution in [0.5, 0.6) is 0 Å². The Labute approximate surface area is 249 Å². The second-order valence-electron chi connectivity index (χ2n) is 10.1. The molecule has 0 atom stereocenters. The molecular formula is C39H28N2. The number of hydrogen-bond donors (Lipinski definition) is 0. The van der Waals surface area contributed by atoms with Gasteiger partial charge in [0, 0.05) is 12.0 Å². The lowest BCUT2D eigenvalue weighted by atomic mass is 9.85. The molecule has 8 rings (SSSR count). The zero-order chi connectivity index (χ0) is 33.4. The molecule has 0 N–H and O–H groups in total. The molecule has 0 unspecified atom stereocenters. The van der Waals surface area contributed by atoms with Crippen LogP contribution in [0.25, 0.3) is 71.3 Å². The van der Waals surface area contributed by atoms with E-state index in [4.69, 9.17) is 11.8 Å². The van der Waals surface area contributed by atoms with Crippen LogP contribution in [0.2, 0.25) is 0 Å². The first-order chi connectivity index (χ1) is 23.2. The highest BCUT2D eigenvalue weighted by Gasteiger charge is 2.20. The Hall–Kier alpha value is -5.21. The fourth-order valence-electron chi connectivity index (χ4n) is 6.06. The molecule has 1 heterocycles. The lowest BCUT2D eigenvalue weighted by Gasteiger charge is -2.20. The number of hydrogen-bond acceptors (Lipinski definition) is 1. The maximum Gasteiger partial charge on any atom is 0.114 e. The zero-order valence-corrected chi connectivity index (χ0v) is 22.3. The Morgan fingerprint density at radius 3 is 1.98 bits per heavy atom. The summed E-state index contributed by atoms with van der Waals surface area (Å²) in [6.07, 6.45) is 0.735. The fraction of sp³-hybridized carbons (Fsp3) is 0.0513. The highest BCUT2D eigenvalue weighted by molar-refractivity contribution is 6.22. The molecule has 41 heavy (non-hydrogen) atoms. The maximum atomic E-state index is 9.38. The van der Waals surface area contributed by atoms with Gasteiger partial charge in [0.05, 0.1) is 26.3 Å². The van der Waals surface area contributed by atoms with Crippen molar-refractivity contribution in [2.24, 2.45) is 0 Å². The van der Waals surface area contributed by atoms with Crippen molar-refractivity contribution < 1.29 is 9.60 Å². The number of rotatable bonds is 4. The molecule has 2 heteroatoms. The number of para-hydroxylation sites is 3. The first-order valence-electron chi connectivity index (χ1n) is 17.2. The highest BCUT2D eigenvalue weighted by atomic mass is 15.1. The predicted octanol–water partition coefficient (Wildman–Crippen LogP) is 10.4. The number of benzene rings is 7. The number of aryl methyl sites for hydroxylation is 1. The summed E-state index contributed by atoms with van der Waals surface area (Å²) in [5.41, 5.74) is 5.62. The van der Waals surface area contributed by atoms with Crippen molar-refractivity contribution in [2.75, 3.05) is 0 Å². The van der Waals surface area contributed by atoms with E-state index in [1.54, 1.807) is 0 Å². The maximum absolute atomic E-state index is 9.38. The Bertz CT molecular complexity index is 2590. The van der Waals surface area contributed by atoms with Gasteiger partial charge in [-0.25, -0.2) is 4.98 Å². The van der Waals surface area contributed by atoms with Crippen LogP contribution in [0.4, 0.5) is 0 Å². The minimum Gasteiger partial charge on any atom is -0.296 e. The zero-order valence-electron chi connectivity index (χ0n) is 29.3. The van der Waals surface area contributed by atoms with Gasteiger partial charge in [-0.3, -0.25) is 4.57 Å². The molecule has 0 saturated carbocycles. The molecule has 0 spiro atoms. The molecule has 8 aromatic rings. The van der Waals surface area contributed by atoms with Crippen molar-refractivity contribution in [2.45, 2.75) is 13.3 Å². The molecule has 0 saturated heterocycles. The number of fused-ring (bicyclic) bond motifs is 4. The van der Waals surface area contributed by atoms with Gasteiger partial charge >= 0.3 is 0 Å². The van der Waals surface area contributed by atoms with Gasteiger partial charge in [0.15, 0.2) is 0 Å². The second kappa shape index (κ2) is 9.46. The summed E-state index contributed by atoms with van der Waals surface area (Å²) in [4.78, 5) is 4.95. The summed E-state index contributed by atoms with van der Waals surface area (Å²) in [6, 6.07) is 29.6. The van der Waals surface area contributed by atoms with E-state index in [2.05, 4.69) is 29.7 Å². The third-order valence-corrected chi connectivity index (χ3v) is 7.79. The van der Waals surface area contributed by atoms with E-state index in [9.17, 15) is 2.74 Å². The Morgan fingerprint density at radius 2 is 1.24 bits per heavy atom. The Balaban J connectivity index is 1.53. The summed E-state index contributed by atoms with van der Waals surface area (Å²) in [5.74, 6) is 0.940. The minimum atomic E-state index is -0.483. The first kappa shape index (κ1) is 17.5. The largest absolute Gasteiger partial charge is 0.296 e. The number of aromatic nitrogens is 2. The summed E-state index contributed by atoms with van der Waals surface area (Å²) in [5, 5.41) is 3.16. The summed E-state index contributed by atoms with van der Waals surface area (Å²) >= 11 is 0. The highest BCUT2D eigenvalue weighted by Crippen LogP contribution is 2.45. The van der Waals surface area contributed by atoms with Crippen LogP contribution in [0, 0.1) is 0 Å². The molecule has 0 fully saturated rings. The van der Waals surface area contributed by atoms with Crippen LogP contribution in [0.3, 0.4) is 0 Å². The number of nitrogens with zero attached hydrogens (tertiary/aromatic N) is 2. The molecule has 0 amide bonds. The van der Waals surface area contributed by atoms with Gasteiger partial charge in [-0.05, 0) is 73.2 Å². The normalized spacial score (nSPS) is 14.0. The van der Waals surface area contributed by atoms with Crippen LogP contribution in [-0.4, -0.2) is 9.55 Å². The molecule has 1 aromatic heterocycles. The Kier molecular flexibility index (Phi) is 4.03. The third-order valence-electron chi connectivity index (χ3n) is 7.79. The van der Waals surface area contributed by atoms with Crippen molar-refractivity contribution in [3.63, 3.8) is 0 Å². The van der Waals surface area contributed by atoms with Crippen LogP contribution >= 0.6 is 0 Å². The quantitative estimate of drug-likeness (QED) is 0.207. The minimum absolute atomic E-state index is 0.0568. The van der Waals surface area contributed by atoms with E-state index in [1.807, 2.05) is 78.9 Å². The molecule has 0 radical (unpaired) electrons. The van der Waals surface area contributed by atoms with Crippen LogP contribution in [0.1, 0.15) is 22.3 Å². The van der Waals surface area contributed by atoms with Gasteiger partial charge in [0.1, 0.15) is 5.82 Å². The monoisotopic (exact) mass is 531 g/mol. The van der Waals surface area contributed by atoms with Crippen molar-refractivity contribution in [1.29, 1.82) is 0 Å². The second-order valence-corrected chi connectivity index (χ2v) is 10.1. The van der Waals surface area contributed by atoms with E-state index in [0.717, 1.165) is 61.6 Å². The fourth-order valence-corrected chi connectivity index (χ4v) is 6.06.